The lowest BCUT2D eigenvalue weighted by Crippen LogP contribution is -1.99. The Kier molecular flexibility index (Phi) is 3.00. The van der Waals surface area contributed by atoms with E-state index in [0.29, 0.717) is 5.82 Å². The molecule has 0 bridgehead atoms. The van der Waals surface area contributed by atoms with Gasteiger partial charge in [0.05, 0.1) is 5.56 Å². The highest BCUT2D eigenvalue weighted by Gasteiger charge is 2.22. The molecule has 2 heterocycles. The first-order valence-electron chi connectivity index (χ1n) is 6.49. The summed E-state index contributed by atoms with van der Waals surface area (Å²) in [5.41, 5.74) is 7.91. The first kappa shape index (κ1) is 11.3. The third-order valence-electron chi connectivity index (χ3n) is 3.71. The van der Waals surface area contributed by atoms with Gasteiger partial charge in [0.2, 0.25) is 0 Å². The van der Waals surface area contributed by atoms with Crippen molar-refractivity contribution in [2.24, 2.45) is 5.92 Å². The van der Waals surface area contributed by atoms with Gasteiger partial charge in [0.1, 0.15) is 5.76 Å². The van der Waals surface area contributed by atoms with Crippen LogP contribution in [-0.4, -0.2) is 10.1 Å². The fourth-order valence-electron chi connectivity index (χ4n) is 2.78. The van der Waals surface area contributed by atoms with Crippen LogP contribution in [0.25, 0.3) is 11.1 Å². The molecule has 0 saturated heterocycles. The van der Waals surface area contributed by atoms with Crippen molar-refractivity contribution in [2.75, 3.05) is 5.73 Å². The van der Waals surface area contributed by atoms with E-state index in [0.717, 1.165) is 29.2 Å². The number of anilines is 1. The normalized spacial score (nSPS) is 16.2. The second kappa shape index (κ2) is 4.80. The van der Waals surface area contributed by atoms with E-state index in [-0.39, 0.29) is 0 Å². The predicted molar refractivity (Wildman–Crippen MR) is 69.8 cm³/mol. The van der Waals surface area contributed by atoms with Gasteiger partial charge in [-0.25, -0.2) is 0 Å². The fourth-order valence-corrected chi connectivity index (χ4v) is 2.78. The lowest BCUT2D eigenvalue weighted by Gasteiger charge is -2.07. The average molecular weight is 243 g/mol. The largest absolute Gasteiger partial charge is 0.380 e. The summed E-state index contributed by atoms with van der Waals surface area (Å²) < 4.78 is 5.42. The summed E-state index contributed by atoms with van der Waals surface area (Å²) in [5.74, 6) is 2.12. The molecule has 0 radical (unpaired) electrons. The van der Waals surface area contributed by atoms with Crippen LogP contribution in [0, 0.1) is 5.92 Å². The van der Waals surface area contributed by atoms with E-state index in [9.17, 15) is 0 Å². The number of hydrogen-bond acceptors (Lipinski definition) is 4. The van der Waals surface area contributed by atoms with E-state index in [4.69, 9.17) is 10.3 Å². The summed E-state index contributed by atoms with van der Waals surface area (Å²) in [6, 6.07) is 3.89. The third-order valence-corrected chi connectivity index (χ3v) is 3.71. The average Bonchev–Trinajstić information content (AvgIpc) is 3.02. The molecule has 1 aliphatic rings. The second-order valence-corrected chi connectivity index (χ2v) is 4.96. The summed E-state index contributed by atoms with van der Waals surface area (Å²) in [6.45, 7) is 0. The molecule has 1 aliphatic carbocycles. The minimum Gasteiger partial charge on any atom is -0.380 e. The fraction of sp³-hybridized carbons (Fsp3) is 0.429. The molecule has 0 aromatic carbocycles. The molecule has 0 amide bonds. The van der Waals surface area contributed by atoms with Crippen LogP contribution in [0.15, 0.2) is 29.0 Å². The van der Waals surface area contributed by atoms with Gasteiger partial charge in [-0.2, -0.15) is 0 Å². The Morgan fingerprint density at radius 2 is 1.94 bits per heavy atom. The summed E-state index contributed by atoms with van der Waals surface area (Å²) in [6.07, 6.45) is 9.72. The Morgan fingerprint density at radius 1 is 1.22 bits per heavy atom. The molecule has 0 atom stereocenters. The van der Waals surface area contributed by atoms with Crippen LogP contribution in [0.3, 0.4) is 0 Å². The molecule has 2 aromatic rings. The smallest absolute Gasteiger partial charge is 0.175 e. The molecule has 18 heavy (non-hydrogen) atoms. The van der Waals surface area contributed by atoms with Crippen molar-refractivity contribution in [1.82, 2.24) is 10.1 Å². The number of aromatic nitrogens is 2. The van der Waals surface area contributed by atoms with Crippen LogP contribution in [0.2, 0.25) is 0 Å². The van der Waals surface area contributed by atoms with Gasteiger partial charge >= 0.3 is 0 Å². The lowest BCUT2D eigenvalue weighted by molar-refractivity contribution is 0.362. The Labute approximate surface area is 106 Å². The van der Waals surface area contributed by atoms with Gasteiger partial charge in [-0.1, -0.05) is 30.8 Å². The minimum absolute atomic E-state index is 0.481. The Bertz CT molecular complexity index is 515. The molecule has 2 aromatic heterocycles. The van der Waals surface area contributed by atoms with Crippen LogP contribution >= 0.6 is 0 Å². The molecule has 4 nitrogen and oxygen atoms in total. The standard InChI is InChI=1S/C14H17N3O/c15-14-13(11-5-7-16-8-6-11)12(18-17-14)9-10-3-1-2-4-10/h5-8,10H,1-4,9H2,(H2,15,17). The zero-order valence-electron chi connectivity index (χ0n) is 10.3. The molecule has 2 N–H and O–H groups in total. The first-order chi connectivity index (χ1) is 8.84. The van der Waals surface area contributed by atoms with Crippen molar-refractivity contribution in [3.8, 4) is 11.1 Å². The molecule has 1 saturated carbocycles. The molecule has 1 fully saturated rings. The highest BCUT2D eigenvalue weighted by molar-refractivity contribution is 5.75. The number of pyridine rings is 1. The second-order valence-electron chi connectivity index (χ2n) is 4.96. The monoisotopic (exact) mass is 243 g/mol. The van der Waals surface area contributed by atoms with Crippen LogP contribution in [0.1, 0.15) is 31.4 Å². The maximum atomic E-state index is 5.92. The zero-order valence-corrected chi connectivity index (χ0v) is 10.3. The number of hydrogen-bond donors (Lipinski definition) is 1. The number of rotatable bonds is 3. The van der Waals surface area contributed by atoms with Crippen LogP contribution < -0.4 is 5.73 Å². The van der Waals surface area contributed by atoms with E-state index in [1.807, 2.05) is 12.1 Å². The Morgan fingerprint density at radius 3 is 2.67 bits per heavy atom. The van der Waals surface area contributed by atoms with Crippen molar-refractivity contribution in [2.45, 2.75) is 32.1 Å². The molecular weight excluding hydrogens is 226 g/mol. The Hall–Kier alpha value is -1.84. The first-order valence-corrected chi connectivity index (χ1v) is 6.49. The zero-order chi connectivity index (χ0) is 12.4. The van der Waals surface area contributed by atoms with Gasteiger partial charge < -0.3 is 10.3 Å². The highest BCUT2D eigenvalue weighted by Crippen LogP contribution is 2.34. The summed E-state index contributed by atoms with van der Waals surface area (Å²) in [5, 5.41) is 3.92. The molecule has 0 spiro atoms. The summed E-state index contributed by atoms with van der Waals surface area (Å²) >= 11 is 0. The minimum atomic E-state index is 0.481. The van der Waals surface area contributed by atoms with Gasteiger partial charge in [0.15, 0.2) is 5.82 Å². The highest BCUT2D eigenvalue weighted by atomic mass is 16.5. The van der Waals surface area contributed by atoms with Crippen molar-refractivity contribution >= 4 is 5.82 Å². The van der Waals surface area contributed by atoms with E-state index < -0.39 is 0 Å². The van der Waals surface area contributed by atoms with Gasteiger partial charge in [-0.05, 0) is 23.6 Å². The SMILES string of the molecule is Nc1noc(CC2CCCC2)c1-c1ccncc1. The molecule has 0 aliphatic heterocycles. The lowest BCUT2D eigenvalue weighted by atomic mass is 9.97. The topological polar surface area (TPSA) is 64.9 Å². The van der Waals surface area contributed by atoms with Gasteiger partial charge in [-0.3, -0.25) is 4.98 Å². The van der Waals surface area contributed by atoms with Gasteiger partial charge in [-0.15, -0.1) is 0 Å². The van der Waals surface area contributed by atoms with Crippen LogP contribution in [0.4, 0.5) is 5.82 Å². The van der Waals surface area contributed by atoms with Crippen LogP contribution in [0.5, 0.6) is 0 Å². The van der Waals surface area contributed by atoms with Gasteiger partial charge in [0, 0.05) is 18.8 Å². The maximum Gasteiger partial charge on any atom is 0.175 e. The van der Waals surface area contributed by atoms with Crippen LogP contribution in [-0.2, 0) is 6.42 Å². The number of nitrogens with zero attached hydrogens (tertiary/aromatic N) is 2. The van der Waals surface area contributed by atoms with Crippen molar-refractivity contribution < 1.29 is 4.52 Å². The van der Waals surface area contributed by atoms with E-state index >= 15 is 0 Å². The summed E-state index contributed by atoms with van der Waals surface area (Å²) in [7, 11) is 0. The number of nitrogens with two attached hydrogens (primary N) is 1. The number of nitrogen functional groups attached to an aromatic ring is 1. The third kappa shape index (κ3) is 2.10. The quantitative estimate of drug-likeness (QED) is 0.899. The van der Waals surface area contributed by atoms with E-state index in [1.54, 1.807) is 12.4 Å². The van der Waals surface area contributed by atoms with Crippen molar-refractivity contribution in [1.29, 1.82) is 0 Å². The predicted octanol–water partition coefficient (Wildman–Crippen LogP) is 3.05. The van der Waals surface area contributed by atoms with Crippen molar-refractivity contribution in [3.63, 3.8) is 0 Å². The van der Waals surface area contributed by atoms with E-state index in [1.165, 1.54) is 25.7 Å². The molecular formula is C14H17N3O. The van der Waals surface area contributed by atoms with Gasteiger partial charge in [0.25, 0.3) is 0 Å². The molecule has 4 heteroatoms. The van der Waals surface area contributed by atoms with E-state index in [2.05, 4.69) is 10.1 Å². The molecule has 0 unspecified atom stereocenters. The van der Waals surface area contributed by atoms with Crippen molar-refractivity contribution in [3.05, 3.63) is 30.3 Å². The molecule has 94 valence electrons. The Balaban J connectivity index is 1.91. The summed E-state index contributed by atoms with van der Waals surface area (Å²) in [4.78, 5) is 4.03. The maximum absolute atomic E-state index is 5.92. The molecule has 3 rings (SSSR count).